The topological polar surface area (TPSA) is 111 Å². The standard InChI is InChI=1S/C23H24Cl2N4O3/c24-16-10-14(11-17(25)19(16)26)20-22(31)21(30)15-5-4-13(12-18(15)28-20)23(32)27-6-9-29-7-2-1-3-8-29/h4-5,10-12,31H,1-3,6-9,26H2,(H,27,32)(H,28,30). The molecule has 0 unspecified atom stereocenters. The van der Waals surface area contributed by atoms with Crippen LogP contribution in [0.25, 0.3) is 22.2 Å². The molecule has 0 bridgehead atoms. The minimum Gasteiger partial charge on any atom is -0.503 e. The van der Waals surface area contributed by atoms with Gasteiger partial charge < -0.3 is 26.0 Å². The van der Waals surface area contributed by atoms with Gasteiger partial charge in [0.15, 0.2) is 5.75 Å². The van der Waals surface area contributed by atoms with Gasteiger partial charge in [0, 0.05) is 29.6 Å². The summed E-state index contributed by atoms with van der Waals surface area (Å²) >= 11 is 12.2. The van der Waals surface area contributed by atoms with Crippen LogP contribution in [0.15, 0.2) is 35.1 Å². The van der Waals surface area contributed by atoms with Gasteiger partial charge >= 0.3 is 0 Å². The number of halogens is 2. The summed E-state index contributed by atoms with van der Waals surface area (Å²) in [5, 5.41) is 14.1. The van der Waals surface area contributed by atoms with E-state index in [0.29, 0.717) is 23.2 Å². The van der Waals surface area contributed by atoms with Crippen molar-refractivity contribution in [1.29, 1.82) is 0 Å². The van der Waals surface area contributed by atoms with Crippen molar-refractivity contribution in [3.8, 4) is 17.0 Å². The fourth-order valence-corrected chi connectivity index (χ4v) is 4.46. The Morgan fingerprint density at radius 2 is 1.81 bits per heavy atom. The highest BCUT2D eigenvalue weighted by atomic mass is 35.5. The van der Waals surface area contributed by atoms with Crippen LogP contribution in [0.1, 0.15) is 29.6 Å². The number of likely N-dealkylation sites (tertiary alicyclic amines) is 1. The predicted octanol–water partition coefficient (Wildman–Crippen LogP) is 4.01. The predicted molar refractivity (Wildman–Crippen MR) is 129 cm³/mol. The molecule has 1 amide bonds. The van der Waals surface area contributed by atoms with Crippen LogP contribution in [0.3, 0.4) is 0 Å². The van der Waals surface area contributed by atoms with Gasteiger partial charge in [0.25, 0.3) is 5.91 Å². The fraction of sp³-hybridized carbons (Fsp3) is 0.304. The van der Waals surface area contributed by atoms with Crippen LogP contribution in [-0.4, -0.2) is 47.1 Å². The van der Waals surface area contributed by atoms with E-state index < -0.39 is 11.2 Å². The lowest BCUT2D eigenvalue weighted by Crippen LogP contribution is -2.37. The second-order valence-corrected chi connectivity index (χ2v) is 8.76. The number of aromatic hydroxyl groups is 1. The van der Waals surface area contributed by atoms with Gasteiger partial charge in [-0.25, -0.2) is 0 Å². The van der Waals surface area contributed by atoms with E-state index in [4.69, 9.17) is 28.9 Å². The SMILES string of the molecule is Nc1c(Cl)cc(-c2[nH]c3cc(C(=O)NCCN4CCCCC4)ccc3c(=O)c2O)cc1Cl. The summed E-state index contributed by atoms with van der Waals surface area (Å²) in [6, 6.07) is 7.72. The molecule has 3 aromatic rings. The molecule has 7 nitrogen and oxygen atoms in total. The average molecular weight is 475 g/mol. The maximum absolute atomic E-state index is 12.7. The van der Waals surface area contributed by atoms with Crippen molar-refractivity contribution in [2.24, 2.45) is 0 Å². The molecule has 0 radical (unpaired) electrons. The van der Waals surface area contributed by atoms with Crippen molar-refractivity contribution in [3.05, 3.63) is 56.2 Å². The third kappa shape index (κ3) is 4.55. The van der Waals surface area contributed by atoms with Crippen molar-refractivity contribution in [3.63, 3.8) is 0 Å². The number of H-pyrrole nitrogens is 1. The lowest BCUT2D eigenvalue weighted by Gasteiger charge is -2.26. The Hall–Kier alpha value is -2.74. The summed E-state index contributed by atoms with van der Waals surface area (Å²) in [7, 11) is 0. The maximum atomic E-state index is 12.7. The Balaban J connectivity index is 1.61. The van der Waals surface area contributed by atoms with E-state index in [2.05, 4.69) is 15.2 Å². The molecular formula is C23H24Cl2N4O3. The number of nitrogen functional groups attached to an aromatic ring is 1. The fourth-order valence-electron chi connectivity index (χ4n) is 3.97. The summed E-state index contributed by atoms with van der Waals surface area (Å²) in [6.07, 6.45) is 3.67. The second-order valence-electron chi connectivity index (χ2n) is 7.95. The minimum absolute atomic E-state index is 0.147. The normalized spacial score (nSPS) is 14.6. The lowest BCUT2D eigenvalue weighted by atomic mass is 10.1. The van der Waals surface area contributed by atoms with Gasteiger partial charge in [-0.2, -0.15) is 0 Å². The highest BCUT2D eigenvalue weighted by Gasteiger charge is 2.17. The highest BCUT2D eigenvalue weighted by Crippen LogP contribution is 2.35. The van der Waals surface area contributed by atoms with Crippen LogP contribution in [0, 0.1) is 0 Å². The maximum Gasteiger partial charge on any atom is 0.251 e. The Bertz CT molecular complexity index is 1210. The first kappa shape index (κ1) is 22.5. The van der Waals surface area contributed by atoms with Crippen molar-refractivity contribution < 1.29 is 9.90 Å². The van der Waals surface area contributed by atoms with Gasteiger partial charge in [0.05, 0.1) is 26.9 Å². The van der Waals surface area contributed by atoms with E-state index in [1.165, 1.54) is 37.5 Å². The molecule has 1 aliphatic rings. The molecule has 0 atom stereocenters. The first-order chi connectivity index (χ1) is 15.3. The van der Waals surface area contributed by atoms with Gasteiger partial charge in [-0.1, -0.05) is 29.6 Å². The Kier molecular flexibility index (Phi) is 6.60. The number of piperidine rings is 1. The number of aromatic amines is 1. The summed E-state index contributed by atoms with van der Waals surface area (Å²) < 4.78 is 0. The zero-order valence-electron chi connectivity index (χ0n) is 17.4. The number of anilines is 1. The van der Waals surface area contributed by atoms with Crippen molar-refractivity contribution in [2.45, 2.75) is 19.3 Å². The third-order valence-electron chi connectivity index (χ3n) is 5.77. The molecule has 0 saturated carbocycles. The van der Waals surface area contributed by atoms with E-state index in [-0.39, 0.29) is 32.7 Å². The quantitative estimate of drug-likeness (QED) is 0.417. The molecule has 2 aromatic carbocycles. The summed E-state index contributed by atoms with van der Waals surface area (Å²) in [5.41, 5.74) is 6.81. The van der Waals surface area contributed by atoms with Crippen molar-refractivity contribution in [2.75, 3.05) is 31.9 Å². The van der Waals surface area contributed by atoms with Crippen LogP contribution >= 0.6 is 23.2 Å². The number of pyridine rings is 1. The molecule has 32 heavy (non-hydrogen) atoms. The molecular weight excluding hydrogens is 451 g/mol. The number of amides is 1. The smallest absolute Gasteiger partial charge is 0.251 e. The molecule has 1 aliphatic heterocycles. The number of hydrogen-bond donors (Lipinski definition) is 4. The van der Waals surface area contributed by atoms with Gasteiger partial charge in [-0.05, 0) is 56.3 Å². The number of hydrogen-bond acceptors (Lipinski definition) is 5. The highest BCUT2D eigenvalue weighted by molar-refractivity contribution is 6.39. The molecule has 1 saturated heterocycles. The molecule has 1 aromatic heterocycles. The van der Waals surface area contributed by atoms with Crippen LogP contribution < -0.4 is 16.5 Å². The van der Waals surface area contributed by atoms with Gasteiger partial charge in [0.1, 0.15) is 0 Å². The number of carbonyl (C=O) groups is 1. The third-order valence-corrected chi connectivity index (χ3v) is 6.39. The minimum atomic E-state index is -0.560. The number of benzene rings is 2. The number of nitrogens with one attached hydrogen (secondary N) is 2. The largest absolute Gasteiger partial charge is 0.503 e. The van der Waals surface area contributed by atoms with E-state index >= 15 is 0 Å². The van der Waals surface area contributed by atoms with Crippen LogP contribution in [0.4, 0.5) is 5.69 Å². The zero-order chi connectivity index (χ0) is 22.8. The second kappa shape index (κ2) is 9.40. The summed E-state index contributed by atoms with van der Waals surface area (Å²) in [6.45, 7) is 3.50. The van der Waals surface area contributed by atoms with Gasteiger partial charge in [0.2, 0.25) is 5.43 Å². The van der Waals surface area contributed by atoms with Crippen molar-refractivity contribution in [1.82, 2.24) is 15.2 Å². The van der Waals surface area contributed by atoms with E-state index in [9.17, 15) is 14.7 Å². The van der Waals surface area contributed by atoms with Gasteiger partial charge in [-0.15, -0.1) is 0 Å². The molecule has 1 fully saturated rings. The molecule has 5 N–H and O–H groups in total. The zero-order valence-corrected chi connectivity index (χ0v) is 18.9. The Morgan fingerprint density at radius 3 is 2.50 bits per heavy atom. The van der Waals surface area contributed by atoms with E-state index in [1.54, 1.807) is 12.1 Å². The number of rotatable bonds is 5. The molecule has 4 rings (SSSR count). The number of carbonyl (C=O) groups excluding carboxylic acids is 1. The summed E-state index contributed by atoms with van der Waals surface area (Å²) in [4.78, 5) is 30.7. The Morgan fingerprint density at radius 1 is 1.12 bits per heavy atom. The molecule has 0 spiro atoms. The number of fused-ring (bicyclic) bond motifs is 1. The molecule has 168 valence electrons. The molecule has 0 aliphatic carbocycles. The van der Waals surface area contributed by atoms with Crippen LogP contribution in [-0.2, 0) is 0 Å². The average Bonchev–Trinajstić information content (AvgIpc) is 2.79. The van der Waals surface area contributed by atoms with Crippen LogP contribution in [0.5, 0.6) is 5.75 Å². The van der Waals surface area contributed by atoms with Crippen LogP contribution in [0.2, 0.25) is 10.0 Å². The van der Waals surface area contributed by atoms with Gasteiger partial charge in [-0.3, -0.25) is 9.59 Å². The first-order valence-corrected chi connectivity index (χ1v) is 11.2. The lowest BCUT2D eigenvalue weighted by molar-refractivity contribution is 0.0946. The molecule has 2 heterocycles. The molecule has 9 heteroatoms. The number of nitrogens with zero attached hydrogens (tertiary/aromatic N) is 1. The monoisotopic (exact) mass is 474 g/mol. The van der Waals surface area contributed by atoms with Crippen molar-refractivity contribution >= 4 is 45.7 Å². The first-order valence-electron chi connectivity index (χ1n) is 10.5. The number of aromatic nitrogens is 1. The number of nitrogens with two attached hydrogens (primary N) is 1. The van der Waals surface area contributed by atoms with E-state index in [1.807, 2.05) is 0 Å². The Labute approximate surface area is 195 Å². The van der Waals surface area contributed by atoms with E-state index in [0.717, 1.165) is 19.6 Å². The summed E-state index contributed by atoms with van der Waals surface area (Å²) in [5.74, 6) is -0.689.